The zero-order valence-corrected chi connectivity index (χ0v) is 15.9. The number of ether oxygens (including phenoxy) is 1. The summed E-state index contributed by atoms with van der Waals surface area (Å²) in [5.74, 6) is 0.314. The zero-order valence-electron chi connectivity index (χ0n) is 15.9. The van der Waals surface area contributed by atoms with Crippen molar-refractivity contribution in [2.75, 3.05) is 45.9 Å². The minimum absolute atomic E-state index is 0.0850. The van der Waals surface area contributed by atoms with Crippen LogP contribution in [0.4, 0.5) is 0 Å². The standard InChI is InChI=1S/C21H32N2O3/c1-21(25)9-11-23(17-19(21)16-18-6-3-2-4-7-18)20(24)8-5-10-22-12-14-26-15-13-22/h2-4,6-7,19,25H,5,8-17H2,1H3/t19-,21+/m0/s1. The van der Waals surface area contributed by atoms with Gasteiger partial charge in [-0.15, -0.1) is 0 Å². The van der Waals surface area contributed by atoms with E-state index in [1.54, 1.807) is 0 Å². The molecule has 1 aromatic rings. The number of benzene rings is 1. The minimum atomic E-state index is -0.708. The van der Waals surface area contributed by atoms with Crippen molar-refractivity contribution in [1.29, 1.82) is 0 Å². The van der Waals surface area contributed by atoms with Crippen molar-refractivity contribution >= 4 is 5.91 Å². The molecule has 2 atom stereocenters. The summed E-state index contributed by atoms with van der Waals surface area (Å²) in [4.78, 5) is 17.0. The molecule has 2 aliphatic heterocycles. The highest BCUT2D eigenvalue weighted by atomic mass is 16.5. The van der Waals surface area contributed by atoms with E-state index in [4.69, 9.17) is 4.74 Å². The average Bonchev–Trinajstić information content (AvgIpc) is 2.65. The number of nitrogens with zero attached hydrogens (tertiary/aromatic N) is 2. The first-order valence-corrected chi connectivity index (χ1v) is 9.89. The quantitative estimate of drug-likeness (QED) is 0.842. The summed E-state index contributed by atoms with van der Waals surface area (Å²) in [5, 5.41) is 10.8. The largest absolute Gasteiger partial charge is 0.390 e. The van der Waals surface area contributed by atoms with E-state index in [1.165, 1.54) is 5.56 Å². The molecular weight excluding hydrogens is 328 g/mol. The van der Waals surface area contributed by atoms with Crippen LogP contribution in [-0.2, 0) is 16.0 Å². The second kappa shape index (κ2) is 8.98. The van der Waals surface area contributed by atoms with Gasteiger partial charge in [0.25, 0.3) is 0 Å². The molecule has 5 nitrogen and oxygen atoms in total. The maximum atomic E-state index is 12.6. The Balaban J connectivity index is 1.49. The van der Waals surface area contributed by atoms with Gasteiger partial charge in [0.2, 0.25) is 5.91 Å². The van der Waals surface area contributed by atoms with Gasteiger partial charge in [0, 0.05) is 38.5 Å². The molecule has 0 saturated carbocycles. The van der Waals surface area contributed by atoms with E-state index in [1.807, 2.05) is 30.0 Å². The lowest BCUT2D eigenvalue weighted by molar-refractivity contribution is -0.139. The third-order valence-corrected chi connectivity index (χ3v) is 5.85. The van der Waals surface area contributed by atoms with Gasteiger partial charge < -0.3 is 14.7 Å². The number of rotatable bonds is 6. The number of likely N-dealkylation sites (tertiary alicyclic amines) is 1. The third kappa shape index (κ3) is 5.29. The normalized spacial score (nSPS) is 27.5. The zero-order chi connectivity index (χ0) is 18.4. The predicted molar refractivity (Wildman–Crippen MR) is 102 cm³/mol. The molecule has 1 amide bonds. The number of morpholine rings is 1. The maximum absolute atomic E-state index is 12.6. The van der Waals surface area contributed by atoms with Crippen LogP contribution < -0.4 is 0 Å². The molecule has 0 radical (unpaired) electrons. The number of hydrogen-bond donors (Lipinski definition) is 1. The van der Waals surface area contributed by atoms with E-state index in [2.05, 4.69) is 17.0 Å². The summed E-state index contributed by atoms with van der Waals surface area (Å²) in [7, 11) is 0. The molecule has 1 N–H and O–H groups in total. The number of carbonyl (C=O) groups is 1. The van der Waals surface area contributed by atoms with Crippen molar-refractivity contribution in [2.45, 2.75) is 38.2 Å². The SMILES string of the molecule is C[C@@]1(O)CCN(C(=O)CCCN2CCOCC2)C[C@@H]1Cc1ccccc1. The Morgan fingerprint density at radius 1 is 1.23 bits per heavy atom. The van der Waals surface area contributed by atoms with Crippen LogP contribution in [0, 0.1) is 5.92 Å². The Labute approximate surface area is 156 Å². The highest BCUT2D eigenvalue weighted by Gasteiger charge is 2.38. The molecule has 0 aliphatic carbocycles. The second-order valence-corrected chi connectivity index (χ2v) is 7.89. The van der Waals surface area contributed by atoms with Gasteiger partial charge in [-0.25, -0.2) is 0 Å². The Morgan fingerprint density at radius 2 is 1.96 bits per heavy atom. The van der Waals surface area contributed by atoms with Crippen molar-refractivity contribution in [3.63, 3.8) is 0 Å². The summed E-state index contributed by atoms with van der Waals surface area (Å²) >= 11 is 0. The summed E-state index contributed by atoms with van der Waals surface area (Å²) in [6, 6.07) is 10.3. The minimum Gasteiger partial charge on any atom is -0.390 e. The summed E-state index contributed by atoms with van der Waals surface area (Å²) in [5.41, 5.74) is 0.514. The fourth-order valence-electron chi connectivity index (χ4n) is 3.97. The van der Waals surface area contributed by atoms with Crippen LogP contribution >= 0.6 is 0 Å². The molecule has 0 unspecified atom stereocenters. The highest BCUT2D eigenvalue weighted by molar-refractivity contribution is 5.76. The van der Waals surface area contributed by atoms with Crippen LogP contribution in [0.25, 0.3) is 0 Å². The monoisotopic (exact) mass is 360 g/mol. The van der Waals surface area contributed by atoms with Crippen LogP contribution in [-0.4, -0.2) is 72.4 Å². The van der Waals surface area contributed by atoms with Gasteiger partial charge in [-0.3, -0.25) is 9.69 Å². The van der Waals surface area contributed by atoms with Crippen LogP contribution in [0.3, 0.4) is 0 Å². The fraction of sp³-hybridized carbons (Fsp3) is 0.667. The molecule has 0 bridgehead atoms. The van der Waals surface area contributed by atoms with Crippen molar-refractivity contribution in [3.05, 3.63) is 35.9 Å². The average molecular weight is 360 g/mol. The lowest BCUT2D eigenvalue weighted by Crippen LogP contribution is -2.52. The maximum Gasteiger partial charge on any atom is 0.222 e. The molecule has 26 heavy (non-hydrogen) atoms. The van der Waals surface area contributed by atoms with Crippen molar-refractivity contribution < 1.29 is 14.6 Å². The van der Waals surface area contributed by atoms with Gasteiger partial charge in [-0.1, -0.05) is 30.3 Å². The molecular formula is C21H32N2O3. The topological polar surface area (TPSA) is 53.0 Å². The second-order valence-electron chi connectivity index (χ2n) is 7.89. The van der Waals surface area contributed by atoms with Gasteiger partial charge in [-0.05, 0) is 38.3 Å². The molecule has 5 heteroatoms. The molecule has 3 rings (SSSR count). The number of amides is 1. The van der Waals surface area contributed by atoms with Gasteiger partial charge in [-0.2, -0.15) is 0 Å². The van der Waals surface area contributed by atoms with Crippen LogP contribution in [0.1, 0.15) is 31.7 Å². The molecule has 1 aromatic carbocycles. The lowest BCUT2D eigenvalue weighted by Gasteiger charge is -2.43. The van der Waals surface area contributed by atoms with E-state index in [0.29, 0.717) is 25.9 Å². The Kier molecular flexibility index (Phi) is 6.68. The number of piperidine rings is 1. The summed E-state index contributed by atoms with van der Waals surface area (Å²) < 4.78 is 5.36. The van der Waals surface area contributed by atoms with Crippen molar-refractivity contribution in [3.8, 4) is 0 Å². The van der Waals surface area contributed by atoms with E-state index < -0.39 is 5.60 Å². The molecule has 2 aliphatic rings. The first-order chi connectivity index (χ1) is 12.5. The molecule has 0 aromatic heterocycles. The third-order valence-electron chi connectivity index (χ3n) is 5.85. The first kappa shape index (κ1) is 19.3. The number of carbonyl (C=O) groups excluding carboxylic acids is 1. The highest BCUT2D eigenvalue weighted by Crippen LogP contribution is 2.30. The van der Waals surface area contributed by atoms with E-state index in [0.717, 1.165) is 45.7 Å². The molecule has 0 spiro atoms. The molecule has 2 heterocycles. The van der Waals surface area contributed by atoms with Crippen LogP contribution in [0.5, 0.6) is 0 Å². The van der Waals surface area contributed by atoms with Gasteiger partial charge in [0.15, 0.2) is 0 Å². The molecule has 2 saturated heterocycles. The molecule has 144 valence electrons. The predicted octanol–water partition coefficient (Wildman–Crippen LogP) is 1.94. The number of hydrogen-bond acceptors (Lipinski definition) is 4. The Morgan fingerprint density at radius 3 is 2.69 bits per heavy atom. The fourth-order valence-corrected chi connectivity index (χ4v) is 3.97. The van der Waals surface area contributed by atoms with Crippen LogP contribution in [0.2, 0.25) is 0 Å². The van der Waals surface area contributed by atoms with Crippen molar-refractivity contribution in [1.82, 2.24) is 9.80 Å². The first-order valence-electron chi connectivity index (χ1n) is 9.89. The van der Waals surface area contributed by atoms with Gasteiger partial charge >= 0.3 is 0 Å². The van der Waals surface area contributed by atoms with E-state index in [9.17, 15) is 9.90 Å². The Hall–Kier alpha value is -1.43. The van der Waals surface area contributed by atoms with E-state index in [-0.39, 0.29) is 11.8 Å². The summed E-state index contributed by atoms with van der Waals surface area (Å²) in [6.45, 7) is 7.74. The van der Waals surface area contributed by atoms with Crippen LogP contribution in [0.15, 0.2) is 30.3 Å². The number of aliphatic hydroxyl groups is 1. The summed E-state index contributed by atoms with van der Waals surface area (Å²) in [6.07, 6.45) is 2.96. The lowest BCUT2D eigenvalue weighted by atomic mass is 9.78. The van der Waals surface area contributed by atoms with Gasteiger partial charge in [0.05, 0.1) is 18.8 Å². The Bertz CT molecular complexity index is 570. The van der Waals surface area contributed by atoms with Crippen molar-refractivity contribution in [2.24, 2.45) is 5.92 Å². The van der Waals surface area contributed by atoms with Gasteiger partial charge in [0.1, 0.15) is 0 Å². The molecule has 2 fully saturated rings. The van der Waals surface area contributed by atoms with E-state index >= 15 is 0 Å². The smallest absolute Gasteiger partial charge is 0.222 e.